The molecule has 1 aromatic carbocycles. The van der Waals surface area contributed by atoms with Crippen LogP contribution < -0.4 is 10.2 Å². The average molecular weight is 469 g/mol. The van der Waals surface area contributed by atoms with E-state index in [1.165, 1.54) is 22.3 Å². The fourth-order valence-electron chi connectivity index (χ4n) is 3.17. The number of amides is 2. The van der Waals surface area contributed by atoms with Gasteiger partial charge in [0.1, 0.15) is 0 Å². The van der Waals surface area contributed by atoms with Crippen molar-refractivity contribution in [2.45, 2.75) is 12.6 Å². The fourth-order valence-corrected chi connectivity index (χ4v) is 3.81. The third-order valence-electron chi connectivity index (χ3n) is 4.93. The summed E-state index contributed by atoms with van der Waals surface area (Å²) >= 11 is 1.39. The van der Waals surface area contributed by atoms with Gasteiger partial charge in [-0.1, -0.05) is 6.07 Å². The molecule has 2 aromatic rings. The van der Waals surface area contributed by atoms with Crippen molar-refractivity contribution in [1.82, 2.24) is 10.2 Å². The van der Waals surface area contributed by atoms with Crippen molar-refractivity contribution in [3.63, 3.8) is 0 Å². The van der Waals surface area contributed by atoms with E-state index in [4.69, 9.17) is 4.74 Å². The fraction of sp³-hybridized carbons (Fsp3) is 0.381. The van der Waals surface area contributed by atoms with Gasteiger partial charge in [-0.15, -0.1) is 0 Å². The van der Waals surface area contributed by atoms with Crippen LogP contribution in [0.1, 0.15) is 22.3 Å². The van der Waals surface area contributed by atoms with Crippen molar-refractivity contribution in [1.29, 1.82) is 0 Å². The molecule has 1 N–H and O–H groups in total. The van der Waals surface area contributed by atoms with E-state index in [1.807, 2.05) is 0 Å². The molecule has 172 valence electrons. The predicted molar refractivity (Wildman–Crippen MR) is 112 cm³/mol. The highest BCUT2D eigenvalue weighted by atomic mass is 32.1. The maximum Gasteiger partial charge on any atom is 0.416 e. The zero-order valence-electron chi connectivity index (χ0n) is 17.1. The van der Waals surface area contributed by atoms with Crippen LogP contribution in [0.25, 0.3) is 0 Å². The van der Waals surface area contributed by atoms with Crippen LogP contribution in [0.2, 0.25) is 0 Å². The van der Waals surface area contributed by atoms with Gasteiger partial charge in [-0.05, 0) is 29.6 Å². The molecule has 1 fully saturated rings. The number of benzene rings is 1. The molecule has 0 spiro atoms. The Morgan fingerprint density at radius 3 is 2.50 bits per heavy atom. The third-order valence-corrected chi connectivity index (χ3v) is 5.61. The average Bonchev–Trinajstić information content (AvgIpc) is 3.32. The molecule has 11 heteroatoms. The summed E-state index contributed by atoms with van der Waals surface area (Å²) in [5.74, 6) is -1.26. The van der Waals surface area contributed by atoms with Gasteiger partial charge in [0, 0.05) is 49.4 Å². The first-order valence-electron chi connectivity index (χ1n) is 9.90. The number of alkyl halides is 3. The second-order valence-corrected chi connectivity index (χ2v) is 7.87. The topological polar surface area (TPSA) is 78.9 Å². The number of halogens is 3. The number of rotatable bonds is 7. The normalized spacial score (nSPS) is 14.2. The lowest BCUT2D eigenvalue weighted by Crippen LogP contribution is -2.50. The van der Waals surface area contributed by atoms with E-state index in [0.29, 0.717) is 37.4 Å². The number of nitrogens with one attached hydrogen (secondary N) is 1. The standard InChI is InChI=1S/C21H22F3N3O4S/c22-21(23,24)16-2-1-3-17(12-16)26-7-9-27(10-8-26)18(28)13-31-19(29)4-6-25-20(30)15-5-11-32-14-15/h1-3,5,11-12,14H,4,6-10,13H2,(H,25,30). The molecule has 0 atom stereocenters. The van der Waals surface area contributed by atoms with E-state index in [9.17, 15) is 27.6 Å². The molecule has 1 aromatic heterocycles. The minimum atomic E-state index is -4.41. The number of esters is 1. The van der Waals surface area contributed by atoms with Crippen LogP contribution in [0.5, 0.6) is 0 Å². The van der Waals surface area contributed by atoms with Gasteiger partial charge in [0.2, 0.25) is 0 Å². The van der Waals surface area contributed by atoms with Crippen molar-refractivity contribution in [2.24, 2.45) is 0 Å². The molecule has 1 saturated heterocycles. The molecule has 2 heterocycles. The van der Waals surface area contributed by atoms with Gasteiger partial charge in [0.15, 0.2) is 6.61 Å². The number of hydrogen-bond donors (Lipinski definition) is 1. The molecule has 1 aliphatic heterocycles. The quantitative estimate of drug-likeness (QED) is 0.631. The van der Waals surface area contributed by atoms with Crippen LogP contribution in [0.15, 0.2) is 41.1 Å². The Balaban J connectivity index is 1.37. The molecular weight excluding hydrogens is 447 g/mol. The van der Waals surface area contributed by atoms with Crippen LogP contribution in [0.4, 0.5) is 18.9 Å². The zero-order valence-corrected chi connectivity index (χ0v) is 17.9. The van der Waals surface area contributed by atoms with E-state index in [0.717, 1.165) is 12.1 Å². The van der Waals surface area contributed by atoms with Gasteiger partial charge in [0.25, 0.3) is 11.8 Å². The predicted octanol–water partition coefficient (Wildman–Crippen LogP) is 2.78. The summed E-state index contributed by atoms with van der Waals surface area (Å²) in [6.45, 7) is 1.04. The molecule has 0 aliphatic carbocycles. The van der Waals surface area contributed by atoms with Crippen molar-refractivity contribution >= 4 is 34.8 Å². The van der Waals surface area contributed by atoms with Crippen LogP contribution in [0.3, 0.4) is 0 Å². The summed E-state index contributed by atoms with van der Waals surface area (Å²) < 4.78 is 43.7. The summed E-state index contributed by atoms with van der Waals surface area (Å²) in [5.41, 5.74) is 0.248. The Bertz CT molecular complexity index is 942. The van der Waals surface area contributed by atoms with Crippen LogP contribution in [-0.4, -0.2) is 62.0 Å². The molecule has 1 aliphatic rings. The van der Waals surface area contributed by atoms with Gasteiger partial charge < -0.3 is 19.9 Å². The molecule has 0 bridgehead atoms. The first kappa shape index (κ1) is 23.6. The van der Waals surface area contributed by atoms with Crippen LogP contribution >= 0.6 is 11.3 Å². The number of thiophene rings is 1. The van der Waals surface area contributed by atoms with Crippen LogP contribution in [-0.2, 0) is 20.5 Å². The van der Waals surface area contributed by atoms with Crippen molar-refractivity contribution < 1.29 is 32.3 Å². The van der Waals surface area contributed by atoms with E-state index in [-0.39, 0.29) is 24.8 Å². The zero-order chi connectivity index (χ0) is 23.1. The van der Waals surface area contributed by atoms with Crippen LogP contribution in [0, 0.1) is 0 Å². The van der Waals surface area contributed by atoms with Gasteiger partial charge in [0.05, 0.1) is 12.0 Å². The molecular formula is C21H22F3N3O4S. The second kappa shape index (κ2) is 10.5. The maximum absolute atomic E-state index is 12.9. The molecule has 2 amide bonds. The minimum absolute atomic E-state index is 0.0630. The Kier molecular flexibility index (Phi) is 7.73. The van der Waals surface area contributed by atoms with Gasteiger partial charge >= 0.3 is 12.1 Å². The number of hydrogen-bond acceptors (Lipinski definition) is 6. The number of carbonyl (C=O) groups excluding carboxylic acids is 3. The Labute approximate surface area is 186 Å². The summed E-state index contributed by atoms with van der Waals surface area (Å²) in [6, 6.07) is 6.74. The number of nitrogens with zero attached hydrogens (tertiary/aromatic N) is 2. The second-order valence-electron chi connectivity index (χ2n) is 7.09. The smallest absolute Gasteiger partial charge is 0.416 e. The van der Waals surface area contributed by atoms with E-state index in [1.54, 1.807) is 27.8 Å². The number of anilines is 1. The molecule has 7 nitrogen and oxygen atoms in total. The SMILES string of the molecule is O=C(CCNC(=O)c1ccsc1)OCC(=O)N1CCN(c2cccc(C(F)(F)F)c2)CC1. The Morgan fingerprint density at radius 1 is 1.09 bits per heavy atom. The van der Waals surface area contributed by atoms with Gasteiger partial charge in [-0.25, -0.2) is 0 Å². The number of carbonyl (C=O) groups is 3. The number of piperazine rings is 1. The molecule has 32 heavy (non-hydrogen) atoms. The number of ether oxygens (including phenoxy) is 1. The molecule has 3 rings (SSSR count). The highest BCUT2D eigenvalue weighted by Gasteiger charge is 2.31. The summed E-state index contributed by atoms with van der Waals surface area (Å²) in [5, 5.41) is 6.06. The summed E-state index contributed by atoms with van der Waals surface area (Å²) in [7, 11) is 0. The Hall–Kier alpha value is -3.08. The van der Waals surface area contributed by atoms with Crippen molar-refractivity contribution in [2.75, 3.05) is 44.2 Å². The largest absolute Gasteiger partial charge is 0.456 e. The maximum atomic E-state index is 12.9. The molecule has 0 unspecified atom stereocenters. The third kappa shape index (κ3) is 6.46. The van der Waals surface area contributed by atoms with E-state index in [2.05, 4.69) is 5.32 Å². The Morgan fingerprint density at radius 2 is 1.84 bits per heavy atom. The van der Waals surface area contributed by atoms with Gasteiger partial charge in [-0.3, -0.25) is 14.4 Å². The molecule has 0 saturated carbocycles. The van der Waals surface area contributed by atoms with E-state index < -0.39 is 24.3 Å². The highest BCUT2D eigenvalue weighted by Crippen LogP contribution is 2.31. The van der Waals surface area contributed by atoms with Gasteiger partial charge in [-0.2, -0.15) is 24.5 Å². The first-order chi connectivity index (χ1) is 15.2. The summed E-state index contributed by atoms with van der Waals surface area (Å²) in [6.07, 6.45) is -4.48. The molecule has 0 radical (unpaired) electrons. The van der Waals surface area contributed by atoms with Crippen molar-refractivity contribution in [3.8, 4) is 0 Å². The lowest BCUT2D eigenvalue weighted by atomic mass is 10.1. The minimum Gasteiger partial charge on any atom is -0.456 e. The first-order valence-corrected chi connectivity index (χ1v) is 10.8. The monoisotopic (exact) mass is 469 g/mol. The lowest BCUT2D eigenvalue weighted by Gasteiger charge is -2.36. The van der Waals surface area contributed by atoms with Crippen molar-refractivity contribution in [3.05, 3.63) is 52.2 Å². The van der Waals surface area contributed by atoms with E-state index >= 15 is 0 Å². The lowest BCUT2D eigenvalue weighted by molar-refractivity contribution is -0.152. The highest BCUT2D eigenvalue weighted by molar-refractivity contribution is 7.08. The summed E-state index contributed by atoms with van der Waals surface area (Å²) in [4.78, 5) is 39.2.